The number of imide groups is 1. The van der Waals surface area contributed by atoms with Crippen molar-refractivity contribution >= 4 is 23.8 Å². The van der Waals surface area contributed by atoms with Gasteiger partial charge in [-0.05, 0) is 37.6 Å². The number of likely N-dealkylation sites (N-methyl/N-ethyl adjacent to an activating group) is 1. The van der Waals surface area contributed by atoms with Crippen molar-refractivity contribution in [2.24, 2.45) is 5.73 Å². The molecule has 0 radical (unpaired) electrons. The Morgan fingerprint density at radius 3 is 2.63 bits per heavy atom. The molecule has 1 heterocycles. The second-order valence-corrected chi connectivity index (χ2v) is 7.84. The second kappa shape index (κ2) is 8.78. The van der Waals surface area contributed by atoms with Gasteiger partial charge in [0.05, 0.1) is 0 Å². The molecular weight excluding hydrogens is 393 g/mol. The zero-order valence-electron chi connectivity index (χ0n) is 16.8. The van der Waals surface area contributed by atoms with Gasteiger partial charge in [0, 0.05) is 13.0 Å². The number of nitrogens with zero attached hydrogens (tertiary/aromatic N) is 2. The number of rotatable bonds is 7. The van der Waals surface area contributed by atoms with Crippen molar-refractivity contribution in [2.75, 3.05) is 13.6 Å². The molecule has 1 aliphatic carbocycles. The van der Waals surface area contributed by atoms with Crippen LogP contribution in [0.5, 0.6) is 0 Å². The minimum atomic E-state index is -0.923. The lowest BCUT2D eigenvalue weighted by molar-refractivity contribution is -0.140. The van der Waals surface area contributed by atoms with Gasteiger partial charge in [0.15, 0.2) is 0 Å². The highest BCUT2D eigenvalue weighted by Crippen LogP contribution is 2.33. The predicted molar refractivity (Wildman–Crippen MR) is 105 cm³/mol. The zero-order valence-corrected chi connectivity index (χ0v) is 16.8. The first-order chi connectivity index (χ1) is 14.2. The number of nitrogens with two attached hydrogens (primary N) is 1. The number of hydrogen-bond acceptors (Lipinski definition) is 5. The van der Waals surface area contributed by atoms with E-state index in [9.17, 15) is 23.6 Å². The van der Waals surface area contributed by atoms with Crippen LogP contribution in [-0.4, -0.2) is 52.8 Å². The molecule has 5 amide bonds. The smallest absolute Gasteiger partial charge is 0.344 e. The zero-order chi connectivity index (χ0) is 21.9. The van der Waals surface area contributed by atoms with Crippen molar-refractivity contribution in [1.82, 2.24) is 20.7 Å². The number of halogens is 1. The summed E-state index contributed by atoms with van der Waals surface area (Å²) in [6.07, 6.45) is 3.71. The molecule has 30 heavy (non-hydrogen) atoms. The van der Waals surface area contributed by atoms with Gasteiger partial charge in [0.2, 0.25) is 11.8 Å². The highest BCUT2D eigenvalue weighted by atomic mass is 19.1. The molecule has 2 aliphatic rings. The first-order valence-corrected chi connectivity index (χ1v) is 9.95. The first-order valence-electron chi connectivity index (χ1n) is 9.95. The minimum absolute atomic E-state index is 0.0976. The summed E-state index contributed by atoms with van der Waals surface area (Å²) in [7, 11) is 1.58. The van der Waals surface area contributed by atoms with Gasteiger partial charge in [-0.25, -0.2) is 9.18 Å². The van der Waals surface area contributed by atoms with Gasteiger partial charge >= 0.3 is 6.03 Å². The van der Waals surface area contributed by atoms with E-state index in [1.54, 1.807) is 13.1 Å². The van der Waals surface area contributed by atoms with Crippen LogP contribution in [0, 0.1) is 5.82 Å². The van der Waals surface area contributed by atoms with E-state index in [1.807, 2.05) is 0 Å². The van der Waals surface area contributed by atoms with Crippen molar-refractivity contribution in [1.29, 1.82) is 0 Å². The van der Waals surface area contributed by atoms with E-state index in [4.69, 9.17) is 5.73 Å². The summed E-state index contributed by atoms with van der Waals surface area (Å²) in [5.41, 5.74) is 7.27. The maximum atomic E-state index is 13.5. The van der Waals surface area contributed by atoms with Crippen LogP contribution in [0.3, 0.4) is 0 Å². The van der Waals surface area contributed by atoms with Gasteiger partial charge in [0.1, 0.15) is 17.4 Å². The topological polar surface area (TPSA) is 125 Å². The molecule has 1 spiro atoms. The van der Waals surface area contributed by atoms with E-state index in [1.165, 1.54) is 23.1 Å². The average Bonchev–Trinajstić information content (AvgIpc) is 2.91. The third-order valence-electron chi connectivity index (χ3n) is 5.67. The molecule has 4 N–H and O–H groups in total. The molecule has 0 bridgehead atoms. The van der Waals surface area contributed by atoms with Crippen molar-refractivity contribution in [3.63, 3.8) is 0 Å². The number of primary amides is 1. The lowest BCUT2D eigenvalue weighted by atomic mass is 9.82. The number of amides is 5. The Morgan fingerprint density at radius 2 is 2.00 bits per heavy atom. The Morgan fingerprint density at radius 1 is 1.30 bits per heavy atom. The molecule has 0 aromatic heterocycles. The largest absolute Gasteiger partial charge is 0.368 e. The van der Waals surface area contributed by atoms with Crippen LogP contribution in [0.15, 0.2) is 24.3 Å². The van der Waals surface area contributed by atoms with Crippen LogP contribution in [0.4, 0.5) is 9.18 Å². The van der Waals surface area contributed by atoms with Crippen molar-refractivity contribution in [2.45, 2.75) is 50.1 Å². The average molecular weight is 419 g/mol. The third-order valence-corrected chi connectivity index (χ3v) is 5.67. The van der Waals surface area contributed by atoms with Gasteiger partial charge in [-0.15, -0.1) is 0 Å². The number of carbonyl (C=O) groups excluding carboxylic acids is 4. The van der Waals surface area contributed by atoms with Crippen molar-refractivity contribution < 1.29 is 23.6 Å². The molecule has 162 valence electrons. The number of carbonyl (C=O) groups is 4. The molecule has 1 aliphatic heterocycles. The Labute approximate surface area is 173 Å². The van der Waals surface area contributed by atoms with E-state index in [0.29, 0.717) is 18.4 Å². The van der Waals surface area contributed by atoms with Gasteiger partial charge in [-0.3, -0.25) is 24.7 Å². The summed E-state index contributed by atoms with van der Waals surface area (Å²) >= 11 is 0. The maximum Gasteiger partial charge on any atom is 0.344 e. The van der Waals surface area contributed by atoms with Gasteiger partial charge < -0.3 is 11.1 Å². The standard InChI is InChI=1S/C20H26FN5O4/c1-25(16(17(22)28)13-6-5-7-14(21)12-13)11-8-15(27)24-26-18(29)20(23-19(26)30)9-3-2-4-10-20/h5-7,12,16H,2-4,8-11H2,1H3,(H2,22,28)(H,23,30)(H,24,27). The molecule has 1 saturated carbocycles. The highest BCUT2D eigenvalue weighted by Gasteiger charge is 2.52. The molecule has 1 atom stereocenters. The number of hydrazine groups is 1. The van der Waals surface area contributed by atoms with Crippen molar-refractivity contribution in [3.8, 4) is 0 Å². The monoisotopic (exact) mass is 419 g/mol. The van der Waals surface area contributed by atoms with Gasteiger partial charge in [0.25, 0.3) is 5.91 Å². The molecular formula is C20H26FN5O4. The third kappa shape index (κ3) is 4.43. The first kappa shape index (κ1) is 21.7. The summed E-state index contributed by atoms with van der Waals surface area (Å²) in [6.45, 7) is 0.102. The molecule has 9 nitrogen and oxygen atoms in total. The van der Waals surface area contributed by atoms with E-state index in [2.05, 4.69) is 10.7 Å². The van der Waals surface area contributed by atoms with E-state index in [0.717, 1.165) is 24.3 Å². The van der Waals surface area contributed by atoms with Crippen LogP contribution in [0.2, 0.25) is 0 Å². The molecule has 1 saturated heterocycles. The maximum absolute atomic E-state index is 13.5. The van der Waals surface area contributed by atoms with E-state index in [-0.39, 0.29) is 13.0 Å². The summed E-state index contributed by atoms with van der Waals surface area (Å²) in [4.78, 5) is 50.7. The predicted octanol–water partition coefficient (Wildman–Crippen LogP) is 0.960. The molecule has 3 rings (SSSR count). The Balaban J connectivity index is 1.59. The van der Waals surface area contributed by atoms with Crippen LogP contribution >= 0.6 is 0 Å². The number of benzene rings is 1. The summed E-state index contributed by atoms with van der Waals surface area (Å²) in [5.74, 6) is -2.18. The molecule has 2 fully saturated rings. The Bertz CT molecular complexity index is 855. The molecule has 1 aromatic carbocycles. The van der Waals surface area contributed by atoms with Gasteiger partial charge in [-0.1, -0.05) is 31.4 Å². The summed E-state index contributed by atoms with van der Waals surface area (Å²) in [5, 5.41) is 3.46. The number of urea groups is 1. The Hall–Kier alpha value is -3.01. The fraction of sp³-hybridized carbons (Fsp3) is 0.500. The van der Waals surface area contributed by atoms with Crippen molar-refractivity contribution in [3.05, 3.63) is 35.6 Å². The quantitative estimate of drug-likeness (QED) is 0.568. The lowest BCUT2D eigenvalue weighted by Gasteiger charge is -2.30. The number of hydrogen-bond donors (Lipinski definition) is 3. The van der Waals surface area contributed by atoms with Crippen LogP contribution in [0.25, 0.3) is 0 Å². The Kier molecular flexibility index (Phi) is 6.35. The minimum Gasteiger partial charge on any atom is -0.368 e. The molecule has 1 aromatic rings. The number of nitrogens with one attached hydrogen (secondary N) is 2. The fourth-order valence-electron chi connectivity index (χ4n) is 4.12. The summed E-state index contributed by atoms with van der Waals surface area (Å²) in [6, 6.07) is 3.95. The SMILES string of the molecule is CN(CCC(=O)NN1C(=O)NC2(CCCCC2)C1=O)C(C(N)=O)c1cccc(F)c1. The molecule has 10 heteroatoms. The van der Waals surface area contributed by atoms with Crippen LogP contribution in [0.1, 0.15) is 50.1 Å². The van der Waals surface area contributed by atoms with E-state index < -0.39 is 41.2 Å². The normalized spacial score (nSPS) is 19.1. The van der Waals surface area contributed by atoms with Gasteiger partial charge in [-0.2, -0.15) is 5.01 Å². The van der Waals surface area contributed by atoms with E-state index >= 15 is 0 Å². The summed E-state index contributed by atoms with van der Waals surface area (Å²) < 4.78 is 13.5. The van der Waals surface area contributed by atoms with Crippen LogP contribution in [-0.2, 0) is 14.4 Å². The lowest BCUT2D eigenvalue weighted by Crippen LogP contribution is -2.51. The second-order valence-electron chi connectivity index (χ2n) is 7.84. The molecule has 1 unspecified atom stereocenters. The highest BCUT2D eigenvalue weighted by molar-refractivity contribution is 6.08. The van der Waals surface area contributed by atoms with Crippen LogP contribution < -0.4 is 16.5 Å². The fourth-order valence-corrected chi connectivity index (χ4v) is 4.12.